The first kappa shape index (κ1) is 23.3. The normalized spacial score (nSPS) is 17.0. The number of thiazole rings is 1. The van der Waals surface area contributed by atoms with Crippen LogP contribution in [0.25, 0.3) is 10.6 Å². The number of hydrogen-bond donors (Lipinski definition) is 0. The van der Waals surface area contributed by atoms with Crippen LogP contribution in [0.3, 0.4) is 0 Å². The standard InChI is InChI=1S/C23H23FN2O5S2/c1-30-20-8-10-21(11-9-20)33(28,29)26-12-2-3-17(13-26)23(27)31-14-19-15-32-22(25-19)16-4-6-18(24)7-5-16/h4-11,15,17H,2-3,12-14H2,1H3. The van der Waals surface area contributed by atoms with Crippen molar-refractivity contribution >= 4 is 27.3 Å². The van der Waals surface area contributed by atoms with Crippen molar-refractivity contribution in [2.45, 2.75) is 24.3 Å². The molecular weight excluding hydrogens is 467 g/mol. The zero-order chi connectivity index (χ0) is 23.4. The Balaban J connectivity index is 1.36. The summed E-state index contributed by atoms with van der Waals surface area (Å²) in [7, 11) is -2.20. The predicted octanol–water partition coefficient (Wildman–Crippen LogP) is 4.10. The number of piperidine rings is 1. The zero-order valence-electron chi connectivity index (χ0n) is 17.9. The third kappa shape index (κ3) is 5.40. The van der Waals surface area contributed by atoms with Gasteiger partial charge in [0.05, 0.1) is 23.6 Å². The van der Waals surface area contributed by atoms with E-state index in [2.05, 4.69) is 4.98 Å². The van der Waals surface area contributed by atoms with E-state index in [1.807, 2.05) is 0 Å². The molecule has 0 spiro atoms. The molecule has 0 aliphatic carbocycles. The minimum atomic E-state index is -3.72. The molecule has 33 heavy (non-hydrogen) atoms. The number of aromatic nitrogens is 1. The van der Waals surface area contributed by atoms with Crippen LogP contribution < -0.4 is 4.74 Å². The van der Waals surface area contributed by atoms with Crippen LogP contribution in [0.15, 0.2) is 58.8 Å². The van der Waals surface area contributed by atoms with Gasteiger partial charge in [0.15, 0.2) is 0 Å². The quantitative estimate of drug-likeness (QED) is 0.464. The first-order valence-corrected chi connectivity index (χ1v) is 12.7. The molecule has 1 unspecified atom stereocenters. The Morgan fingerprint density at radius 3 is 2.61 bits per heavy atom. The molecule has 174 valence electrons. The molecule has 1 saturated heterocycles. The molecule has 3 aromatic rings. The van der Waals surface area contributed by atoms with E-state index in [0.29, 0.717) is 35.8 Å². The van der Waals surface area contributed by atoms with Gasteiger partial charge in [-0.3, -0.25) is 4.79 Å². The van der Waals surface area contributed by atoms with Crippen molar-refractivity contribution < 1.29 is 27.1 Å². The lowest BCUT2D eigenvalue weighted by atomic mass is 10.00. The van der Waals surface area contributed by atoms with Crippen molar-refractivity contribution in [2.75, 3.05) is 20.2 Å². The van der Waals surface area contributed by atoms with Crippen LogP contribution in [0, 0.1) is 11.7 Å². The third-order valence-corrected chi connectivity index (χ3v) is 8.24. The lowest BCUT2D eigenvalue weighted by Crippen LogP contribution is -2.42. The Morgan fingerprint density at radius 2 is 1.91 bits per heavy atom. The van der Waals surface area contributed by atoms with E-state index < -0.39 is 21.9 Å². The van der Waals surface area contributed by atoms with Gasteiger partial charge in [0.1, 0.15) is 23.2 Å². The maximum atomic E-state index is 13.1. The van der Waals surface area contributed by atoms with Crippen LogP contribution in [0.5, 0.6) is 5.75 Å². The fraction of sp³-hybridized carbons (Fsp3) is 0.304. The van der Waals surface area contributed by atoms with E-state index in [9.17, 15) is 17.6 Å². The molecule has 1 fully saturated rings. The Kier molecular flexibility index (Phi) is 7.06. The highest BCUT2D eigenvalue weighted by atomic mass is 32.2. The second kappa shape index (κ2) is 9.98. The Labute approximate surface area is 195 Å². The molecule has 0 radical (unpaired) electrons. The largest absolute Gasteiger partial charge is 0.497 e. The molecule has 2 heterocycles. The van der Waals surface area contributed by atoms with Crippen LogP contribution >= 0.6 is 11.3 Å². The number of benzene rings is 2. The highest BCUT2D eigenvalue weighted by Gasteiger charge is 2.34. The Bertz CT molecular complexity index is 1210. The number of nitrogens with zero attached hydrogens (tertiary/aromatic N) is 2. The molecule has 10 heteroatoms. The molecule has 4 rings (SSSR count). The summed E-state index contributed by atoms with van der Waals surface area (Å²) in [4.78, 5) is 17.2. The third-order valence-electron chi connectivity index (χ3n) is 5.42. The zero-order valence-corrected chi connectivity index (χ0v) is 19.6. The Hall–Kier alpha value is -2.82. The molecule has 0 amide bonds. The summed E-state index contributed by atoms with van der Waals surface area (Å²) in [5.41, 5.74) is 1.37. The minimum Gasteiger partial charge on any atom is -0.497 e. The number of hydrogen-bond acceptors (Lipinski definition) is 7. The van der Waals surface area contributed by atoms with Gasteiger partial charge in [-0.15, -0.1) is 11.3 Å². The maximum Gasteiger partial charge on any atom is 0.310 e. The van der Waals surface area contributed by atoms with Gasteiger partial charge in [0.25, 0.3) is 0 Å². The van der Waals surface area contributed by atoms with Gasteiger partial charge in [-0.05, 0) is 61.4 Å². The first-order chi connectivity index (χ1) is 15.9. The van der Waals surface area contributed by atoms with Crippen LogP contribution in [0.4, 0.5) is 4.39 Å². The summed E-state index contributed by atoms with van der Waals surface area (Å²) < 4.78 is 50.9. The van der Waals surface area contributed by atoms with E-state index in [-0.39, 0.29) is 23.9 Å². The second-order valence-electron chi connectivity index (χ2n) is 7.64. The molecule has 2 aromatic carbocycles. The molecule has 0 bridgehead atoms. The SMILES string of the molecule is COc1ccc(S(=O)(=O)N2CCCC(C(=O)OCc3csc(-c4ccc(F)cc4)n3)C2)cc1. The molecule has 1 aromatic heterocycles. The number of halogens is 1. The maximum absolute atomic E-state index is 13.1. The van der Waals surface area contributed by atoms with Crippen LogP contribution in [0.1, 0.15) is 18.5 Å². The predicted molar refractivity (Wildman–Crippen MR) is 122 cm³/mol. The highest BCUT2D eigenvalue weighted by molar-refractivity contribution is 7.89. The number of methoxy groups -OCH3 is 1. The van der Waals surface area contributed by atoms with Gasteiger partial charge in [-0.1, -0.05) is 0 Å². The lowest BCUT2D eigenvalue weighted by molar-refractivity contribution is -0.151. The molecular formula is C23H23FN2O5S2. The van der Waals surface area contributed by atoms with Gasteiger partial charge in [-0.2, -0.15) is 4.31 Å². The highest BCUT2D eigenvalue weighted by Crippen LogP contribution is 2.27. The average Bonchev–Trinajstić information content (AvgIpc) is 3.32. The lowest BCUT2D eigenvalue weighted by Gasteiger charge is -2.30. The van der Waals surface area contributed by atoms with E-state index in [0.717, 1.165) is 5.56 Å². The molecule has 0 N–H and O–H groups in total. The van der Waals surface area contributed by atoms with Gasteiger partial charge in [0, 0.05) is 24.0 Å². The molecule has 1 aliphatic heterocycles. The topological polar surface area (TPSA) is 85.8 Å². The fourth-order valence-electron chi connectivity index (χ4n) is 3.61. The van der Waals surface area contributed by atoms with Crippen molar-refractivity contribution in [3.8, 4) is 16.3 Å². The van der Waals surface area contributed by atoms with Gasteiger partial charge >= 0.3 is 5.97 Å². The first-order valence-electron chi connectivity index (χ1n) is 10.4. The summed E-state index contributed by atoms with van der Waals surface area (Å²) in [6, 6.07) is 12.2. The van der Waals surface area contributed by atoms with E-state index in [1.54, 1.807) is 29.6 Å². The van der Waals surface area contributed by atoms with Crippen LogP contribution in [-0.2, 0) is 26.2 Å². The minimum absolute atomic E-state index is 0.00173. The van der Waals surface area contributed by atoms with Crippen LogP contribution in [-0.4, -0.2) is 43.9 Å². The van der Waals surface area contributed by atoms with Crippen molar-refractivity contribution in [3.05, 3.63) is 65.4 Å². The number of esters is 1. The number of carbonyl (C=O) groups is 1. The molecule has 1 aliphatic rings. The summed E-state index contributed by atoms with van der Waals surface area (Å²) in [5.74, 6) is -0.735. The van der Waals surface area contributed by atoms with Crippen molar-refractivity contribution in [1.29, 1.82) is 0 Å². The van der Waals surface area contributed by atoms with Crippen LogP contribution in [0.2, 0.25) is 0 Å². The Morgan fingerprint density at radius 1 is 1.18 bits per heavy atom. The molecule has 1 atom stereocenters. The average molecular weight is 491 g/mol. The number of sulfonamides is 1. The van der Waals surface area contributed by atoms with E-state index in [4.69, 9.17) is 9.47 Å². The molecule has 0 saturated carbocycles. The second-order valence-corrected chi connectivity index (χ2v) is 10.4. The summed E-state index contributed by atoms with van der Waals surface area (Å²) in [6.07, 6.45) is 1.13. The number of ether oxygens (including phenoxy) is 2. The van der Waals surface area contributed by atoms with Crippen molar-refractivity contribution in [1.82, 2.24) is 9.29 Å². The summed E-state index contributed by atoms with van der Waals surface area (Å²) >= 11 is 1.38. The molecule has 7 nitrogen and oxygen atoms in total. The fourth-order valence-corrected chi connectivity index (χ4v) is 5.95. The van der Waals surface area contributed by atoms with E-state index >= 15 is 0 Å². The monoisotopic (exact) mass is 490 g/mol. The van der Waals surface area contributed by atoms with Gasteiger partial charge in [0.2, 0.25) is 10.0 Å². The summed E-state index contributed by atoms with van der Waals surface area (Å²) in [5, 5.41) is 2.49. The number of carbonyl (C=O) groups excluding carboxylic acids is 1. The number of rotatable bonds is 7. The van der Waals surface area contributed by atoms with E-state index in [1.165, 1.54) is 47.0 Å². The summed E-state index contributed by atoms with van der Waals surface area (Å²) in [6.45, 7) is 0.425. The smallest absolute Gasteiger partial charge is 0.310 e. The van der Waals surface area contributed by atoms with Crippen molar-refractivity contribution in [3.63, 3.8) is 0 Å². The van der Waals surface area contributed by atoms with Crippen molar-refractivity contribution in [2.24, 2.45) is 5.92 Å². The van der Waals surface area contributed by atoms with Gasteiger partial charge < -0.3 is 9.47 Å². The van der Waals surface area contributed by atoms with Gasteiger partial charge in [-0.25, -0.2) is 17.8 Å².